The van der Waals surface area contributed by atoms with Gasteiger partial charge in [-0.05, 0) is 34.4 Å². The first kappa shape index (κ1) is 39.1. The van der Waals surface area contributed by atoms with Crippen LogP contribution in [0, 0.1) is 5.92 Å². The van der Waals surface area contributed by atoms with Crippen LogP contribution in [0.1, 0.15) is 83.5 Å². The zero-order chi connectivity index (χ0) is 36.5. The van der Waals surface area contributed by atoms with Crippen molar-refractivity contribution in [1.82, 2.24) is 10.6 Å². The largest absolute Gasteiger partial charge is 0.482 e. The van der Waals surface area contributed by atoms with Crippen LogP contribution in [0.2, 0.25) is 20.1 Å². The Kier molecular flexibility index (Phi) is 12.3. The number of carbonyl (C=O) groups is 4. The van der Waals surface area contributed by atoms with E-state index in [1.54, 1.807) is 19.9 Å². The minimum Gasteiger partial charge on any atom is -0.482 e. The van der Waals surface area contributed by atoms with E-state index in [1.807, 2.05) is 47.6 Å². The molecule has 0 fully saturated rings. The number of carbonyl (C=O) groups excluding carboxylic acids is 3. The fraction of sp³-hybridized carbons (Fsp3) is 0.441. The lowest BCUT2D eigenvalue weighted by Crippen LogP contribution is -2.54. The Morgan fingerprint density at radius 2 is 1.46 bits per heavy atom. The van der Waals surface area contributed by atoms with E-state index >= 15 is 0 Å². The highest BCUT2D eigenvalue weighted by atomic mass is 35.5. The lowest BCUT2D eigenvalue weighted by Gasteiger charge is -2.26. The van der Waals surface area contributed by atoms with E-state index in [2.05, 4.69) is 10.6 Å². The highest BCUT2D eigenvalue weighted by Crippen LogP contribution is 2.43. The molecule has 14 heteroatoms. The Bertz CT molecular complexity index is 1800. The van der Waals surface area contributed by atoms with Gasteiger partial charge in [-0.15, -0.1) is 0 Å². The molecule has 2 amide bonds. The summed E-state index contributed by atoms with van der Waals surface area (Å²) in [7, 11) is 0. The number of hydrogen-bond donors (Lipinski definition) is 3. The van der Waals surface area contributed by atoms with Gasteiger partial charge in [0, 0.05) is 11.6 Å². The molecule has 260 valence electrons. The lowest BCUT2D eigenvalue weighted by molar-refractivity contribution is -0.140. The number of Topliss-reactive ketones (excluding diaryl/α,β-unsaturated/α-hetero) is 1. The summed E-state index contributed by atoms with van der Waals surface area (Å²) in [6, 6.07) is 3.25. The molecule has 0 radical (unpaired) electrons. The van der Waals surface area contributed by atoms with Crippen molar-refractivity contribution < 1.29 is 33.4 Å². The van der Waals surface area contributed by atoms with Gasteiger partial charge in [-0.3, -0.25) is 24.0 Å². The molecule has 2 aromatic carbocycles. The summed E-state index contributed by atoms with van der Waals surface area (Å²) >= 11 is 24.3. The second kappa shape index (κ2) is 15.1. The number of benzene rings is 2. The SMILES string of the molecule is CC(C)C(NC(=O)c1cc(=O)c2cc(C(C)(C)C)cc(C(C)(C)C)c2o1)C(=O)N[C@H](CC(=O)O)C(=O)COc1c(Cl)c(Cl)cc(Cl)c1Cl. The van der Waals surface area contributed by atoms with Gasteiger partial charge in [-0.25, -0.2) is 0 Å². The standard InChI is InChI=1S/C34H38Cl4N2O8/c1-15(2)28(32(46)39-21(12-25(43)44)23(42)14-47-30-26(37)19(35)11-20(36)27(30)38)40-31(45)24-13-22(41)17-9-16(33(3,4)5)10-18(29(17)48-24)34(6,7)8/h9-11,13,15,21,28H,12,14H2,1-8H3,(H,39,46)(H,40,45)(H,43,44)/t21-,28?/m1/s1. The fourth-order valence-corrected chi connectivity index (χ4v) is 5.61. The predicted molar refractivity (Wildman–Crippen MR) is 187 cm³/mol. The molecule has 10 nitrogen and oxygen atoms in total. The van der Waals surface area contributed by atoms with Crippen molar-refractivity contribution in [3.05, 3.63) is 71.5 Å². The number of rotatable bonds is 11. The van der Waals surface area contributed by atoms with Crippen molar-refractivity contribution in [2.24, 2.45) is 5.92 Å². The van der Waals surface area contributed by atoms with Gasteiger partial charge >= 0.3 is 5.97 Å². The van der Waals surface area contributed by atoms with Gasteiger partial charge in [-0.1, -0.05) is 108 Å². The van der Waals surface area contributed by atoms with Gasteiger partial charge in [0.1, 0.15) is 34.3 Å². The zero-order valence-electron chi connectivity index (χ0n) is 27.8. The van der Waals surface area contributed by atoms with Crippen LogP contribution in [0.5, 0.6) is 5.75 Å². The topological polar surface area (TPSA) is 152 Å². The highest BCUT2D eigenvalue weighted by molar-refractivity contribution is 6.48. The number of carboxylic acids is 1. The summed E-state index contributed by atoms with van der Waals surface area (Å²) in [6.07, 6.45) is -0.795. The number of aliphatic carboxylic acids is 1. The molecule has 1 heterocycles. The van der Waals surface area contributed by atoms with E-state index < -0.39 is 65.4 Å². The molecule has 0 bridgehead atoms. The van der Waals surface area contributed by atoms with E-state index in [4.69, 9.17) is 55.6 Å². The summed E-state index contributed by atoms with van der Waals surface area (Å²) in [5.41, 5.74) is 0.776. The van der Waals surface area contributed by atoms with Crippen LogP contribution in [-0.4, -0.2) is 47.4 Å². The molecule has 0 saturated carbocycles. The Morgan fingerprint density at radius 3 is 1.96 bits per heavy atom. The Hall–Kier alpha value is -3.31. The minimum absolute atomic E-state index is 0.00552. The van der Waals surface area contributed by atoms with Gasteiger partial charge in [0.05, 0.1) is 21.9 Å². The van der Waals surface area contributed by atoms with Crippen LogP contribution in [0.3, 0.4) is 0 Å². The first-order valence-electron chi connectivity index (χ1n) is 15.0. The summed E-state index contributed by atoms with van der Waals surface area (Å²) < 4.78 is 11.5. The van der Waals surface area contributed by atoms with Gasteiger partial charge in [0.25, 0.3) is 5.91 Å². The number of ether oxygens (including phenoxy) is 1. The highest BCUT2D eigenvalue weighted by Gasteiger charge is 2.32. The zero-order valence-corrected chi connectivity index (χ0v) is 30.8. The number of hydrogen-bond acceptors (Lipinski definition) is 7. The van der Waals surface area contributed by atoms with Crippen molar-refractivity contribution in [2.45, 2.75) is 84.7 Å². The molecule has 0 spiro atoms. The molecule has 1 unspecified atom stereocenters. The third-order valence-electron chi connectivity index (χ3n) is 7.48. The Morgan fingerprint density at radius 1 is 0.875 bits per heavy atom. The Balaban J connectivity index is 1.89. The second-order valence-electron chi connectivity index (χ2n) is 13.8. The molecule has 1 aromatic heterocycles. The van der Waals surface area contributed by atoms with Gasteiger partial charge in [0.2, 0.25) is 5.91 Å². The van der Waals surface area contributed by atoms with Gasteiger partial charge in [0.15, 0.2) is 22.7 Å². The number of fused-ring (bicyclic) bond motifs is 1. The van der Waals surface area contributed by atoms with Crippen LogP contribution in [0.4, 0.5) is 0 Å². The van der Waals surface area contributed by atoms with Crippen molar-refractivity contribution in [3.63, 3.8) is 0 Å². The molecule has 3 aromatic rings. The smallest absolute Gasteiger partial charge is 0.305 e. The number of nitrogens with one attached hydrogen (secondary N) is 2. The van der Waals surface area contributed by atoms with E-state index in [9.17, 15) is 29.1 Å². The minimum atomic E-state index is -1.56. The molecule has 2 atom stereocenters. The van der Waals surface area contributed by atoms with Gasteiger partial charge < -0.3 is 24.9 Å². The van der Waals surface area contributed by atoms with Crippen LogP contribution in [-0.2, 0) is 25.2 Å². The van der Waals surface area contributed by atoms with E-state index in [-0.39, 0.29) is 42.6 Å². The normalized spacial score (nSPS) is 13.3. The molecule has 0 aliphatic heterocycles. The van der Waals surface area contributed by atoms with Gasteiger partial charge in [-0.2, -0.15) is 0 Å². The predicted octanol–water partition coefficient (Wildman–Crippen LogP) is 7.36. The maximum absolute atomic E-state index is 13.5. The van der Waals surface area contributed by atoms with E-state index in [1.165, 1.54) is 6.07 Å². The number of carboxylic acid groups (broad SMARTS) is 1. The molecular weight excluding hydrogens is 706 g/mol. The number of halogens is 4. The molecule has 3 rings (SSSR count). The molecule has 3 N–H and O–H groups in total. The number of amides is 2. The van der Waals surface area contributed by atoms with Crippen molar-refractivity contribution in [1.29, 1.82) is 0 Å². The van der Waals surface area contributed by atoms with Crippen molar-refractivity contribution in [2.75, 3.05) is 6.61 Å². The molecule has 0 saturated heterocycles. The summed E-state index contributed by atoms with van der Waals surface area (Å²) in [6.45, 7) is 14.5. The first-order valence-corrected chi connectivity index (χ1v) is 16.5. The average Bonchev–Trinajstić information content (AvgIpc) is 2.96. The lowest BCUT2D eigenvalue weighted by atomic mass is 9.79. The second-order valence-corrected chi connectivity index (χ2v) is 15.4. The molecule has 48 heavy (non-hydrogen) atoms. The van der Waals surface area contributed by atoms with Crippen LogP contribution in [0.25, 0.3) is 11.0 Å². The number of ketones is 1. The first-order chi connectivity index (χ1) is 22.0. The van der Waals surface area contributed by atoms with Crippen LogP contribution in [0.15, 0.2) is 33.5 Å². The third-order valence-corrected chi connectivity index (χ3v) is 9.02. The molecule has 0 aliphatic carbocycles. The van der Waals surface area contributed by atoms with Crippen LogP contribution < -0.4 is 20.8 Å². The fourth-order valence-electron chi connectivity index (χ4n) is 4.71. The summed E-state index contributed by atoms with van der Waals surface area (Å²) in [5, 5.41) is 14.5. The van der Waals surface area contributed by atoms with Crippen molar-refractivity contribution >= 4 is 80.9 Å². The van der Waals surface area contributed by atoms with E-state index in [0.29, 0.717) is 5.39 Å². The Labute approximate surface area is 298 Å². The van der Waals surface area contributed by atoms with E-state index in [0.717, 1.165) is 17.2 Å². The quantitative estimate of drug-likeness (QED) is 0.172. The maximum atomic E-state index is 13.5. The average molecular weight is 744 g/mol. The van der Waals surface area contributed by atoms with Crippen molar-refractivity contribution in [3.8, 4) is 5.75 Å². The maximum Gasteiger partial charge on any atom is 0.305 e. The summed E-state index contributed by atoms with van der Waals surface area (Å²) in [5.74, 6) is -4.99. The third kappa shape index (κ3) is 9.22. The summed E-state index contributed by atoms with van der Waals surface area (Å²) in [4.78, 5) is 64.9. The molecule has 0 aliphatic rings. The monoisotopic (exact) mass is 742 g/mol. The van der Waals surface area contributed by atoms with Crippen LogP contribution >= 0.6 is 46.4 Å². The molecular formula is C34H38Cl4N2O8.